The van der Waals surface area contributed by atoms with Crippen molar-refractivity contribution in [1.82, 2.24) is 14.9 Å². The number of para-hydroxylation sites is 2. The average molecular weight is 521 g/mol. The molecule has 4 atom stereocenters. The largest absolute Gasteiger partial charge is 0.497 e. The summed E-state index contributed by atoms with van der Waals surface area (Å²) in [5.41, 5.74) is 1.25. The number of hydrogen-bond donors (Lipinski definition) is 1. The van der Waals surface area contributed by atoms with Crippen molar-refractivity contribution >= 4 is 28.4 Å². The summed E-state index contributed by atoms with van der Waals surface area (Å²) < 4.78 is 6.91. The zero-order chi connectivity index (χ0) is 27.1. The molecule has 3 aliphatic heterocycles. The predicted molar refractivity (Wildman–Crippen MR) is 147 cm³/mol. The minimum Gasteiger partial charge on any atom is -0.497 e. The summed E-state index contributed by atoms with van der Waals surface area (Å²) in [5, 5.41) is 4.25. The summed E-state index contributed by atoms with van der Waals surface area (Å²) in [6.07, 6.45) is 0.693. The average Bonchev–Trinajstić information content (AvgIpc) is 3.51. The fourth-order valence-corrected chi connectivity index (χ4v) is 6.92. The molecule has 2 amide bonds. The summed E-state index contributed by atoms with van der Waals surface area (Å²) in [5.74, 6) is -0.512. The highest BCUT2D eigenvalue weighted by Crippen LogP contribution is 2.56. The van der Waals surface area contributed by atoms with Crippen molar-refractivity contribution in [3.05, 3.63) is 94.5 Å². The molecule has 0 radical (unpaired) electrons. The Balaban J connectivity index is 1.49. The maximum Gasteiger partial charge on any atom is 0.266 e. The Labute approximate surface area is 225 Å². The number of fused-ring (bicyclic) bond motifs is 8. The lowest BCUT2D eigenvalue weighted by Crippen LogP contribution is -2.50. The van der Waals surface area contributed by atoms with E-state index in [1.54, 1.807) is 42.0 Å². The molecule has 0 saturated carbocycles. The highest BCUT2D eigenvalue weighted by atomic mass is 16.5. The third kappa shape index (κ3) is 3.09. The quantitative estimate of drug-likeness (QED) is 0.412. The Morgan fingerprint density at radius 2 is 1.67 bits per heavy atom. The number of carbonyl (C=O) groups excluding carboxylic acids is 2. The van der Waals surface area contributed by atoms with E-state index in [1.165, 1.54) is 4.90 Å². The topological polar surface area (TPSA) is 93.5 Å². The number of carbonyl (C=O) groups is 2. The van der Waals surface area contributed by atoms with Gasteiger partial charge in [-0.3, -0.25) is 24.3 Å². The van der Waals surface area contributed by atoms with Gasteiger partial charge in [-0.15, -0.1) is 0 Å². The van der Waals surface area contributed by atoms with Gasteiger partial charge in [0.25, 0.3) is 5.56 Å². The van der Waals surface area contributed by atoms with Gasteiger partial charge in [0.15, 0.2) is 0 Å². The summed E-state index contributed by atoms with van der Waals surface area (Å²) in [4.78, 5) is 48.8. The van der Waals surface area contributed by atoms with Crippen molar-refractivity contribution in [2.45, 2.75) is 31.8 Å². The first kappa shape index (κ1) is 23.8. The summed E-state index contributed by atoms with van der Waals surface area (Å²) in [6, 6.07) is 21.6. The Hall–Kier alpha value is -4.30. The molecule has 3 aliphatic rings. The molecule has 196 valence electrons. The molecule has 39 heavy (non-hydrogen) atoms. The predicted octanol–water partition coefficient (Wildman–Crippen LogP) is 3.78. The van der Waals surface area contributed by atoms with Crippen molar-refractivity contribution in [1.29, 1.82) is 0 Å². The summed E-state index contributed by atoms with van der Waals surface area (Å²) in [7, 11) is 1.57. The van der Waals surface area contributed by atoms with Gasteiger partial charge in [-0.05, 0) is 54.8 Å². The van der Waals surface area contributed by atoms with E-state index in [1.807, 2.05) is 42.5 Å². The number of aromatic nitrogens is 2. The Morgan fingerprint density at radius 1 is 0.949 bits per heavy atom. The van der Waals surface area contributed by atoms with Crippen LogP contribution in [0.5, 0.6) is 5.75 Å². The molecular weight excluding hydrogens is 492 g/mol. The second kappa shape index (κ2) is 8.35. The number of ether oxygens (including phenoxy) is 1. The first-order valence-corrected chi connectivity index (χ1v) is 13.3. The van der Waals surface area contributed by atoms with E-state index in [0.717, 1.165) is 5.56 Å². The molecular formula is C31H28N4O4. The molecule has 3 aromatic carbocycles. The molecule has 4 heterocycles. The SMILES string of the molecule is COc1ccc(N2C(=O)[C@@H]3[C@@H](CC(C)C)N[C@@]4(c5ccccc5-n5c4nc4ccccc4c5=O)[C@H]3C2=O)cc1. The van der Waals surface area contributed by atoms with E-state index in [0.29, 0.717) is 40.3 Å². The maximum atomic E-state index is 14.4. The number of anilines is 1. The van der Waals surface area contributed by atoms with Crippen LogP contribution >= 0.6 is 0 Å². The highest BCUT2D eigenvalue weighted by molar-refractivity contribution is 6.23. The smallest absolute Gasteiger partial charge is 0.266 e. The lowest BCUT2D eigenvalue weighted by atomic mass is 9.75. The zero-order valence-corrected chi connectivity index (χ0v) is 21.9. The molecule has 2 fully saturated rings. The number of rotatable bonds is 4. The van der Waals surface area contributed by atoms with E-state index in [-0.39, 0.29) is 29.3 Å². The van der Waals surface area contributed by atoms with Crippen LogP contribution in [0.15, 0.2) is 77.6 Å². The lowest BCUT2D eigenvalue weighted by molar-refractivity contribution is -0.123. The van der Waals surface area contributed by atoms with Crippen molar-refractivity contribution in [3.63, 3.8) is 0 Å². The lowest BCUT2D eigenvalue weighted by Gasteiger charge is -2.32. The fourth-order valence-electron chi connectivity index (χ4n) is 6.92. The van der Waals surface area contributed by atoms with Crippen LogP contribution < -0.4 is 20.5 Å². The van der Waals surface area contributed by atoms with Gasteiger partial charge in [-0.2, -0.15) is 0 Å². The summed E-state index contributed by atoms with van der Waals surface area (Å²) >= 11 is 0. The summed E-state index contributed by atoms with van der Waals surface area (Å²) in [6.45, 7) is 4.22. The van der Waals surface area contributed by atoms with Crippen LogP contribution in [0.3, 0.4) is 0 Å². The van der Waals surface area contributed by atoms with Gasteiger partial charge in [-0.25, -0.2) is 9.88 Å². The molecule has 8 heteroatoms. The number of hydrogen-bond acceptors (Lipinski definition) is 6. The first-order chi connectivity index (χ1) is 18.9. The van der Waals surface area contributed by atoms with Crippen molar-refractivity contribution in [2.75, 3.05) is 12.0 Å². The molecule has 1 spiro atoms. The molecule has 1 N–H and O–H groups in total. The first-order valence-electron chi connectivity index (χ1n) is 13.3. The van der Waals surface area contributed by atoms with E-state index < -0.39 is 17.4 Å². The second-order valence-electron chi connectivity index (χ2n) is 11.0. The van der Waals surface area contributed by atoms with Gasteiger partial charge in [0.2, 0.25) is 11.8 Å². The fraction of sp³-hybridized carbons (Fsp3) is 0.290. The number of nitrogens with one attached hydrogen (secondary N) is 1. The van der Waals surface area contributed by atoms with Gasteiger partial charge in [0, 0.05) is 11.6 Å². The molecule has 4 aromatic rings. The Bertz CT molecular complexity index is 1730. The normalized spacial score (nSPS) is 25.0. The zero-order valence-electron chi connectivity index (χ0n) is 21.9. The van der Waals surface area contributed by atoms with Crippen LogP contribution in [-0.4, -0.2) is 34.5 Å². The van der Waals surface area contributed by atoms with Crippen molar-refractivity contribution in [2.24, 2.45) is 17.8 Å². The van der Waals surface area contributed by atoms with E-state index >= 15 is 0 Å². The number of benzene rings is 3. The molecule has 2 saturated heterocycles. The molecule has 0 unspecified atom stereocenters. The molecule has 1 aromatic heterocycles. The van der Waals surface area contributed by atoms with E-state index in [2.05, 4.69) is 19.2 Å². The van der Waals surface area contributed by atoms with Gasteiger partial charge in [-0.1, -0.05) is 44.2 Å². The number of imide groups is 1. The number of nitrogens with zero attached hydrogens (tertiary/aromatic N) is 3. The number of methoxy groups -OCH3 is 1. The van der Waals surface area contributed by atoms with Crippen LogP contribution in [-0.2, 0) is 15.1 Å². The highest BCUT2D eigenvalue weighted by Gasteiger charge is 2.69. The van der Waals surface area contributed by atoms with Crippen molar-refractivity contribution in [3.8, 4) is 11.4 Å². The van der Waals surface area contributed by atoms with Crippen LogP contribution in [0.1, 0.15) is 31.7 Å². The maximum absolute atomic E-state index is 14.4. The van der Waals surface area contributed by atoms with E-state index in [9.17, 15) is 14.4 Å². The van der Waals surface area contributed by atoms with Crippen LogP contribution in [0, 0.1) is 17.8 Å². The van der Waals surface area contributed by atoms with Crippen molar-refractivity contribution < 1.29 is 14.3 Å². The third-order valence-electron chi connectivity index (χ3n) is 8.42. The second-order valence-corrected chi connectivity index (χ2v) is 11.0. The Kier molecular flexibility index (Phi) is 5.09. The molecule has 7 rings (SSSR count). The standard InChI is InChI=1S/C31H28N4O4/c1-17(2)16-23-25-26(29(38)34(28(25)37)18-12-14-19(39-3)15-13-18)31(33-23)21-9-5-7-11-24(21)35-27(36)20-8-4-6-10-22(20)32-30(31)35/h4-15,17,23,25-26,33H,16H2,1-3H3/t23-,25-,26-,31+/m1/s1. The third-order valence-corrected chi connectivity index (χ3v) is 8.42. The Morgan fingerprint density at radius 3 is 2.41 bits per heavy atom. The van der Waals surface area contributed by atoms with Crippen LogP contribution in [0.4, 0.5) is 5.69 Å². The number of amides is 2. The van der Waals surface area contributed by atoms with Crippen LogP contribution in [0.25, 0.3) is 16.6 Å². The van der Waals surface area contributed by atoms with E-state index in [4.69, 9.17) is 9.72 Å². The molecule has 8 nitrogen and oxygen atoms in total. The van der Waals surface area contributed by atoms with Gasteiger partial charge in [0.1, 0.15) is 17.1 Å². The molecule has 0 aliphatic carbocycles. The minimum atomic E-state index is -1.13. The minimum absolute atomic E-state index is 0.186. The van der Waals surface area contributed by atoms with Gasteiger partial charge >= 0.3 is 0 Å². The monoisotopic (exact) mass is 520 g/mol. The van der Waals surface area contributed by atoms with Gasteiger partial charge in [0.05, 0.1) is 41.2 Å². The van der Waals surface area contributed by atoms with Gasteiger partial charge < -0.3 is 4.74 Å². The van der Waals surface area contributed by atoms with Crippen LogP contribution in [0.2, 0.25) is 0 Å². The molecule has 0 bridgehead atoms.